The SMILES string of the molecule is Cl.NC1(c2noc(Cc3cccc(Cl)c3)n2)CCCC1. The van der Waals surface area contributed by atoms with Crippen LogP contribution in [0.1, 0.15) is 43.0 Å². The molecule has 1 heterocycles. The molecule has 2 aromatic rings. The number of benzene rings is 1. The van der Waals surface area contributed by atoms with Crippen molar-refractivity contribution < 1.29 is 4.52 Å². The Morgan fingerprint density at radius 2 is 2.05 bits per heavy atom. The van der Waals surface area contributed by atoms with E-state index in [1.165, 1.54) is 0 Å². The van der Waals surface area contributed by atoms with Crippen LogP contribution >= 0.6 is 24.0 Å². The minimum absolute atomic E-state index is 0. The summed E-state index contributed by atoms with van der Waals surface area (Å²) in [6.45, 7) is 0. The molecule has 4 nitrogen and oxygen atoms in total. The van der Waals surface area contributed by atoms with Crippen molar-refractivity contribution in [2.24, 2.45) is 5.73 Å². The van der Waals surface area contributed by atoms with Crippen LogP contribution in [0.4, 0.5) is 0 Å². The summed E-state index contributed by atoms with van der Waals surface area (Å²) in [4.78, 5) is 4.44. The van der Waals surface area contributed by atoms with Gasteiger partial charge in [-0.2, -0.15) is 4.98 Å². The summed E-state index contributed by atoms with van der Waals surface area (Å²) in [5, 5.41) is 4.76. The molecule has 0 bridgehead atoms. The summed E-state index contributed by atoms with van der Waals surface area (Å²) in [5.74, 6) is 1.23. The smallest absolute Gasteiger partial charge is 0.231 e. The molecular formula is C14H17Cl2N3O. The van der Waals surface area contributed by atoms with E-state index in [1.54, 1.807) is 0 Å². The summed E-state index contributed by atoms with van der Waals surface area (Å²) in [6, 6.07) is 7.65. The third kappa shape index (κ3) is 3.14. The van der Waals surface area contributed by atoms with Gasteiger partial charge in [0.05, 0.1) is 12.0 Å². The maximum atomic E-state index is 6.31. The van der Waals surface area contributed by atoms with Gasteiger partial charge in [0, 0.05) is 5.02 Å². The van der Waals surface area contributed by atoms with E-state index in [0.717, 1.165) is 31.2 Å². The van der Waals surface area contributed by atoms with Gasteiger partial charge >= 0.3 is 0 Å². The standard InChI is InChI=1S/C14H16ClN3O.ClH/c15-11-5-3-4-10(8-11)9-12-17-13(18-19-12)14(16)6-1-2-7-14;/h3-5,8H,1-2,6-7,9,16H2;1H. The average Bonchev–Trinajstić information content (AvgIpc) is 2.99. The van der Waals surface area contributed by atoms with Gasteiger partial charge in [-0.05, 0) is 30.5 Å². The fourth-order valence-corrected chi connectivity index (χ4v) is 2.79. The highest BCUT2D eigenvalue weighted by molar-refractivity contribution is 6.30. The van der Waals surface area contributed by atoms with Crippen molar-refractivity contribution in [3.05, 3.63) is 46.6 Å². The number of halogens is 2. The third-order valence-corrected chi connectivity index (χ3v) is 3.89. The predicted molar refractivity (Wildman–Crippen MR) is 80.1 cm³/mol. The first-order valence-electron chi connectivity index (χ1n) is 6.52. The summed E-state index contributed by atoms with van der Waals surface area (Å²) < 4.78 is 5.30. The zero-order valence-electron chi connectivity index (χ0n) is 11.0. The number of aromatic nitrogens is 2. The van der Waals surface area contributed by atoms with E-state index in [4.69, 9.17) is 21.9 Å². The maximum absolute atomic E-state index is 6.31. The number of nitrogens with zero attached hydrogens (tertiary/aromatic N) is 2. The second kappa shape index (κ2) is 6.12. The first-order valence-corrected chi connectivity index (χ1v) is 6.90. The Bertz CT molecular complexity index is 579. The zero-order chi connectivity index (χ0) is 13.3. The highest BCUT2D eigenvalue weighted by atomic mass is 35.5. The minimum atomic E-state index is -0.393. The molecule has 0 aliphatic heterocycles. The molecule has 2 N–H and O–H groups in total. The van der Waals surface area contributed by atoms with Crippen LogP contribution in [-0.2, 0) is 12.0 Å². The lowest BCUT2D eigenvalue weighted by molar-refractivity contribution is 0.352. The second-order valence-electron chi connectivity index (χ2n) is 5.18. The molecule has 1 aliphatic rings. The largest absolute Gasteiger partial charge is 0.339 e. The van der Waals surface area contributed by atoms with Gasteiger partial charge in [0.15, 0.2) is 5.82 Å². The van der Waals surface area contributed by atoms with Gasteiger partial charge in [0.1, 0.15) is 0 Å². The van der Waals surface area contributed by atoms with Gasteiger partial charge in [-0.1, -0.05) is 41.7 Å². The van der Waals surface area contributed by atoms with Gasteiger partial charge in [-0.3, -0.25) is 0 Å². The molecule has 1 aliphatic carbocycles. The molecule has 0 saturated heterocycles. The predicted octanol–water partition coefficient (Wildman–Crippen LogP) is 3.46. The number of hydrogen-bond donors (Lipinski definition) is 1. The van der Waals surface area contributed by atoms with Crippen molar-refractivity contribution >= 4 is 24.0 Å². The quantitative estimate of drug-likeness (QED) is 0.942. The van der Waals surface area contributed by atoms with Gasteiger partial charge in [0.25, 0.3) is 0 Å². The average molecular weight is 314 g/mol. The van der Waals surface area contributed by atoms with Crippen molar-refractivity contribution in [2.75, 3.05) is 0 Å². The number of nitrogens with two attached hydrogens (primary N) is 1. The van der Waals surface area contributed by atoms with Crippen molar-refractivity contribution in [2.45, 2.75) is 37.6 Å². The Labute approximate surface area is 129 Å². The Morgan fingerprint density at radius 1 is 1.30 bits per heavy atom. The molecule has 0 radical (unpaired) electrons. The molecular weight excluding hydrogens is 297 g/mol. The molecule has 1 fully saturated rings. The fourth-order valence-electron chi connectivity index (χ4n) is 2.58. The molecule has 0 atom stereocenters. The monoisotopic (exact) mass is 313 g/mol. The first-order chi connectivity index (χ1) is 9.16. The molecule has 6 heteroatoms. The van der Waals surface area contributed by atoms with Crippen LogP contribution in [0.25, 0.3) is 0 Å². The Hall–Kier alpha value is -1.10. The molecule has 1 aromatic heterocycles. The molecule has 20 heavy (non-hydrogen) atoms. The lowest BCUT2D eigenvalue weighted by Crippen LogP contribution is -2.34. The van der Waals surface area contributed by atoms with Crippen LogP contribution in [0.5, 0.6) is 0 Å². The van der Waals surface area contributed by atoms with Gasteiger partial charge in [-0.15, -0.1) is 12.4 Å². The molecule has 0 spiro atoms. The van der Waals surface area contributed by atoms with Crippen LogP contribution in [0.3, 0.4) is 0 Å². The van der Waals surface area contributed by atoms with Crippen LogP contribution in [0.15, 0.2) is 28.8 Å². The normalized spacial score (nSPS) is 16.9. The van der Waals surface area contributed by atoms with Crippen molar-refractivity contribution in [1.82, 2.24) is 10.1 Å². The minimum Gasteiger partial charge on any atom is -0.339 e. The highest BCUT2D eigenvalue weighted by Crippen LogP contribution is 2.34. The van der Waals surface area contributed by atoms with Gasteiger partial charge in [-0.25, -0.2) is 0 Å². The van der Waals surface area contributed by atoms with Crippen LogP contribution < -0.4 is 5.73 Å². The fraction of sp³-hybridized carbons (Fsp3) is 0.429. The van der Waals surface area contributed by atoms with Gasteiger partial charge < -0.3 is 10.3 Å². The third-order valence-electron chi connectivity index (χ3n) is 3.65. The topological polar surface area (TPSA) is 64.9 Å². The first kappa shape index (κ1) is 15.3. The van der Waals surface area contributed by atoms with Crippen LogP contribution in [0.2, 0.25) is 5.02 Å². The lowest BCUT2D eigenvalue weighted by Gasteiger charge is -2.17. The summed E-state index contributed by atoms with van der Waals surface area (Å²) in [5.41, 5.74) is 6.97. The summed E-state index contributed by atoms with van der Waals surface area (Å²) in [6.07, 6.45) is 4.72. The molecule has 1 saturated carbocycles. The Balaban J connectivity index is 0.00000147. The second-order valence-corrected chi connectivity index (χ2v) is 5.62. The maximum Gasteiger partial charge on any atom is 0.231 e. The zero-order valence-corrected chi connectivity index (χ0v) is 12.6. The number of rotatable bonds is 3. The highest BCUT2D eigenvalue weighted by Gasteiger charge is 2.35. The van der Waals surface area contributed by atoms with E-state index in [9.17, 15) is 0 Å². The molecule has 108 valence electrons. The van der Waals surface area contributed by atoms with E-state index in [-0.39, 0.29) is 12.4 Å². The van der Waals surface area contributed by atoms with E-state index in [1.807, 2.05) is 24.3 Å². The van der Waals surface area contributed by atoms with E-state index < -0.39 is 5.54 Å². The van der Waals surface area contributed by atoms with Crippen molar-refractivity contribution in [1.29, 1.82) is 0 Å². The van der Waals surface area contributed by atoms with Crippen LogP contribution in [-0.4, -0.2) is 10.1 Å². The molecule has 0 unspecified atom stereocenters. The lowest BCUT2D eigenvalue weighted by atomic mass is 9.99. The van der Waals surface area contributed by atoms with Crippen molar-refractivity contribution in [3.8, 4) is 0 Å². The molecule has 1 aromatic carbocycles. The van der Waals surface area contributed by atoms with E-state index >= 15 is 0 Å². The number of hydrogen-bond acceptors (Lipinski definition) is 4. The Morgan fingerprint density at radius 3 is 2.75 bits per heavy atom. The molecule has 3 rings (SSSR count). The van der Waals surface area contributed by atoms with Crippen molar-refractivity contribution in [3.63, 3.8) is 0 Å². The summed E-state index contributed by atoms with van der Waals surface area (Å²) in [7, 11) is 0. The Kier molecular flexibility index (Phi) is 4.68. The van der Waals surface area contributed by atoms with E-state index in [2.05, 4.69) is 10.1 Å². The van der Waals surface area contributed by atoms with Crippen LogP contribution in [0, 0.1) is 0 Å². The molecule has 0 amide bonds. The van der Waals surface area contributed by atoms with Gasteiger partial charge in [0.2, 0.25) is 5.89 Å². The summed E-state index contributed by atoms with van der Waals surface area (Å²) >= 11 is 5.96. The van der Waals surface area contributed by atoms with E-state index in [0.29, 0.717) is 23.2 Å².